The van der Waals surface area contributed by atoms with E-state index in [1.54, 1.807) is 0 Å². The first kappa shape index (κ1) is 14.1. The Morgan fingerprint density at radius 3 is 2.53 bits per heavy atom. The number of carbonyl (C=O) groups is 1. The summed E-state index contributed by atoms with van der Waals surface area (Å²) in [5.74, 6) is 0.253. The maximum Gasteiger partial charge on any atom is 0.227 e. The Hall–Kier alpha value is -1.35. The van der Waals surface area contributed by atoms with Crippen molar-refractivity contribution in [1.29, 1.82) is 0 Å². The van der Waals surface area contributed by atoms with Crippen LogP contribution in [0.1, 0.15) is 29.2 Å². The van der Waals surface area contributed by atoms with Gasteiger partial charge in [0.2, 0.25) is 5.91 Å². The van der Waals surface area contributed by atoms with Crippen LogP contribution in [0.25, 0.3) is 0 Å². The number of carbonyl (C=O) groups excluding carboxylic acids is 1. The molecule has 3 heteroatoms. The molecule has 3 nitrogen and oxygen atoms in total. The number of piperazine rings is 1. The van der Waals surface area contributed by atoms with E-state index < -0.39 is 0 Å². The molecule has 1 aromatic rings. The predicted octanol–water partition coefficient (Wildman–Crippen LogP) is 1.97. The van der Waals surface area contributed by atoms with Crippen molar-refractivity contribution in [2.24, 2.45) is 0 Å². The summed E-state index contributed by atoms with van der Waals surface area (Å²) in [5, 5.41) is 3.37. The normalized spacial score (nSPS) is 19.6. The second-order valence-corrected chi connectivity index (χ2v) is 5.75. The smallest absolute Gasteiger partial charge is 0.227 e. The van der Waals surface area contributed by atoms with Gasteiger partial charge in [0.05, 0.1) is 6.42 Å². The van der Waals surface area contributed by atoms with Crippen LogP contribution >= 0.6 is 0 Å². The van der Waals surface area contributed by atoms with Gasteiger partial charge in [-0.25, -0.2) is 0 Å². The summed E-state index contributed by atoms with van der Waals surface area (Å²) in [6, 6.07) is 4.73. The van der Waals surface area contributed by atoms with Crippen LogP contribution in [0.15, 0.2) is 12.1 Å². The van der Waals surface area contributed by atoms with Crippen LogP contribution < -0.4 is 5.32 Å². The molecule has 0 radical (unpaired) electrons. The van der Waals surface area contributed by atoms with Gasteiger partial charge < -0.3 is 10.2 Å². The highest BCUT2D eigenvalue weighted by Gasteiger charge is 2.21. The van der Waals surface area contributed by atoms with Crippen LogP contribution in [0.3, 0.4) is 0 Å². The molecule has 1 fully saturated rings. The van der Waals surface area contributed by atoms with E-state index in [1.165, 1.54) is 22.3 Å². The van der Waals surface area contributed by atoms with E-state index in [-0.39, 0.29) is 5.91 Å². The number of hydrogen-bond donors (Lipinski definition) is 1. The molecule has 0 unspecified atom stereocenters. The second kappa shape index (κ2) is 5.74. The van der Waals surface area contributed by atoms with Crippen molar-refractivity contribution in [1.82, 2.24) is 10.2 Å². The molecule has 1 saturated heterocycles. The zero-order chi connectivity index (χ0) is 14.0. The molecule has 19 heavy (non-hydrogen) atoms. The minimum Gasteiger partial charge on any atom is -0.340 e. The predicted molar refractivity (Wildman–Crippen MR) is 78.4 cm³/mol. The maximum absolute atomic E-state index is 12.4. The van der Waals surface area contributed by atoms with E-state index in [1.807, 2.05) is 4.90 Å². The fraction of sp³-hybridized carbons (Fsp3) is 0.562. The monoisotopic (exact) mass is 260 g/mol. The summed E-state index contributed by atoms with van der Waals surface area (Å²) in [6.45, 7) is 11.0. The molecule has 0 bridgehead atoms. The molecule has 104 valence electrons. The standard InChI is InChI=1S/C16H24N2O/c1-11-7-12(2)15(13(3)8-11)9-16(19)18-6-5-17-14(4)10-18/h7-8,14,17H,5-6,9-10H2,1-4H3/t14-/m1/s1. The molecule has 1 heterocycles. The number of benzene rings is 1. The van der Waals surface area contributed by atoms with E-state index in [4.69, 9.17) is 0 Å². The van der Waals surface area contributed by atoms with Crippen molar-refractivity contribution in [3.63, 3.8) is 0 Å². The summed E-state index contributed by atoms with van der Waals surface area (Å²) in [5.41, 5.74) is 4.92. The SMILES string of the molecule is Cc1cc(C)c(CC(=O)N2CCN[C@H](C)C2)c(C)c1. The third kappa shape index (κ3) is 3.35. The van der Waals surface area contributed by atoms with Crippen LogP contribution in [0.4, 0.5) is 0 Å². The summed E-state index contributed by atoms with van der Waals surface area (Å²) in [7, 11) is 0. The van der Waals surface area contributed by atoms with E-state index in [0.29, 0.717) is 12.5 Å². The first-order valence-electron chi connectivity index (χ1n) is 7.05. The van der Waals surface area contributed by atoms with Gasteiger partial charge in [0.15, 0.2) is 0 Å². The Morgan fingerprint density at radius 2 is 1.95 bits per heavy atom. The second-order valence-electron chi connectivity index (χ2n) is 5.75. The maximum atomic E-state index is 12.4. The van der Waals surface area contributed by atoms with Crippen molar-refractivity contribution in [3.8, 4) is 0 Å². The van der Waals surface area contributed by atoms with Gasteiger partial charge in [0.1, 0.15) is 0 Å². The molecule has 2 rings (SSSR count). The number of hydrogen-bond acceptors (Lipinski definition) is 2. The topological polar surface area (TPSA) is 32.3 Å². The fourth-order valence-electron chi connectivity index (χ4n) is 2.91. The molecule has 0 spiro atoms. The average molecular weight is 260 g/mol. The third-order valence-electron chi connectivity index (χ3n) is 3.89. The Balaban J connectivity index is 2.10. The zero-order valence-electron chi connectivity index (χ0n) is 12.4. The van der Waals surface area contributed by atoms with Gasteiger partial charge in [-0.1, -0.05) is 17.7 Å². The summed E-state index contributed by atoms with van der Waals surface area (Å²) in [4.78, 5) is 14.4. The largest absolute Gasteiger partial charge is 0.340 e. The molecule has 1 aliphatic rings. The van der Waals surface area contributed by atoms with E-state index >= 15 is 0 Å². The number of nitrogens with one attached hydrogen (secondary N) is 1. The molecule has 0 aliphatic carbocycles. The van der Waals surface area contributed by atoms with Crippen LogP contribution in [-0.4, -0.2) is 36.5 Å². The summed E-state index contributed by atoms with van der Waals surface area (Å²) < 4.78 is 0. The van der Waals surface area contributed by atoms with Crippen molar-refractivity contribution in [2.45, 2.75) is 40.2 Å². The van der Waals surface area contributed by atoms with E-state index in [0.717, 1.165) is 19.6 Å². The van der Waals surface area contributed by atoms with Crippen molar-refractivity contribution in [2.75, 3.05) is 19.6 Å². The number of aryl methyl sites for hydroxylation is 3. The minimum atomic E-state index is 0.253. The number of amides is 1. The Kier molecular flexibility index (Phi) is 4.25. The quantitative estimate of drug-likeness (QED) is 0.882. The highest BCUT2D eigenvalue weighted by atomic mass is 16.2. The molecule has 0 aromatic heterocycles. The highest BCUT2D eigenvalue weighted by Crippen LogP contribution is 2.18. The molecule has 0 saturated carbocycles. The molecule has 1 amide bonds. The van der Waals surface area contributed by atoms with E-state index in [9.17, 15) is 4.79 Å². The zero-order valence-corrected chi connectivity index (χ0v) is 12.4. The summed E-state index contributed by atoms with van der Waals surface area (Å²) >= 11 is 0. The minimum absolute atomic E-state index is 0.253. The fourth-order valence-corrected chi connectivity index (χ4v) is 2.91. The van der Waals surface area contributed by atoms with Crippen molar-refractivity contribution in [3.05, 3.63) is 34.4 Å². The average Bonchev–Trinajstić information content (AvgIpc) is 2.33. The van der Waals surface area contributed by atoms with Gasteiger partial charge in [0, 0.05) is 25.7 Å². The number of nitrogens with zero attached hydrogens (tertiary/aromatic N) is 1. The Bertz CT molecular complexity index is 459. The van der Waals surface area contributed by atoms with Gasteiger partial charge >= 0.3 is 0 Å². The lowest BCUT2D eigenvalue weighted by Gasteiger charge is -2.32. The molecular formula is C16H24N2O. The van der Waals surface area contributed by atoms with Crippen LogP contribution in [0, 0.1) is 20.8 Å². The van der Waals surface area contributed by atoms with Gasteiger partial charge in [-0.15, -0.1) is 0 Å². The molecule has 1 N–H and O–H groups in total. The van der Waals surface area contributed by atoms with Crippen LogP contribution in [0.5, 0.6) is 0 Å². The highest BCUT2D eigenvalue weighted by molar-refractivity contribution is 5.79. The first-order chi connectivity index (χ1) is 8.97. The third-order valence-corrected chi connectivity index (χ3v) is 3.89. The lowest BCUT2D eigenvalue weighted by Crippen LogP contribution is -2.51. The van der Waals surface area contributed by atoms with Crippen molar-refractivity contribution >= 4 is 5.91 Å². The Morgan fingerprint density at radius 1 is 1.32 bits per heavy atom. The molecule has 1 aliphatic heterocycles. The lowest BCUT2D eigenvalue weighted by atomic mass is 9.97. The molecule has 1 aromatic carbocycles. The van der Waals surface area contributed by atoms with E-state index in [2.05, 4.69) is 45.1 Å². The van der Waals surface area contributed by atoms with Gasteiger partial charge in [-0.2, -0.15) is 0 Å². The summed E-state index contributed by atoms with van der Waals surface area (Å²) in [6.07, 6.45) is 0.532. The van der Waals surface area contributed by atoms with Gasteiger partial charge in [-0.3, -0.25) is 4.79 Å². The molecule has 1 atom stereocenters. The Labute approximate surface area is 116 Å². The van der Waals surface area contributed by atoms with Crippen LogP contribution in [0.2, 0.25) is 0 Å². The number of rotatable bonds is 2. The lowest BCUT2D eigenvalue weighted by molar-refractivity contribution is -0.131. The first-order valence-corrected chi connectivity index (χ1v) is 7.05. The van der Waals surface area contributed by atoms with Crippen molar-refractivity contribution < 1.29 is 4.79 Å². The van der Waals surface area contributed by atoms with Crippen LogP contribution in [-0.2, 0) is 11.2 Å². The van der Waals surface area contributed by atoms with Gasteiger partial charge in [-0.05, 0) is 44.4 Å². The van der Waals surface area contributed by atoms with Gasteiger partial charge in [0.25, 0.3) is 0 Å². The molecular weight excluding hydrogens is 236 g/mol.